The zero-order chi connectivity index (χ0) is 10.8. The molecule has 1 nitrogen and oxygen atoms in total. The summed E-state index contributed by atoms with van der Waals surface area (Å²) in [4.78, 5) is 12.1. The van der Waals surface area contributed by atoms with Crippen molar-refractivity contribution >= 4 is 33.5 Å². The van der Waals surface area contributed by atoms with E-state index in [9.17, 15) is 4.79 Å². The molecule has 0 N–H and O–H groups in total. The zero-order valence-electron chi connectivity index (χ0n) is 8.63. The standard InChI is InChI=1S/C12H13BrOS/c1-8-2-3-9(6-11(8)13)12(14)10-4-5-15-7-10/h2-3,6,10H,4-5,7H2,1H3. The molecule has 0 saturated carbocycles. The van der Waals surface area contributed by atoms with Crippen LogP contribution in [0.15, 0.2) is 22.7 Å². The fourth-order valence-electron chi connectivity index (χ4n) is 1.72. The number of rotatable bonds is 2. The molecule has 0 radical (unpaired) electrons. The van der Waals surface area contributed by atoms with Crippen LogP contribution in [0, 0.1) is 12.8 Å². The minimum absolute atomic E-state index is 0.240. The molecule has 0 aromatic heterocycles. The molecule has 1 atom stereocenters. The second-order valence-electron chi connectivity index (χ2n) is 3.89. The predicted molar refractivity (Wildman–Crippen MR) is 68.6 cm³/mol. The maximum absolute atomic E-state index is 12.1. The van der Waals surface area contributed by atoms with Gasteiger partial charge in [-0.1, -0.05) is 28.1 Å². The first kappa shape index (κ1) is 11.2. The van der Waals surface area contributed by atoms with Crippen LogP contribution in [0.4, 0.5) is 0 Å². The number of thioether (sulfide) groups is 1. The first-order chi connectivity index (χ1) is 7.18. The van der Waals surface area contributed by atoms with E-state index >= 15 is 0 Å². The van der Waals surface area contributed by atoms with Crippen LogP contribution in [0.5, 0.6) is 0 Å². The number of halogens is 1. The zero-order valence-corrected chi connectivity index (χ0v) is 11.0. The summed E-state index contributed by atoms with van der Waals surface area (Å²) in [5.74, 6) is 2.67. The number of Topliss-reactive ketones (excluding diaryl/α,β-unsaturated/α-hetero) is 1. The van der Waals surface area contributed by atoms with Crippen LogP contribution < -0.4 is 0 Å². The third-order valence-corrected chi connectivity index (χ3v) is 4.77. The van der Waals surface area contributed by atoms with Gasteiger partial charge < -0.3 is 0 Å². The second kappa shape index (κ2) is 4.71. The number of hydrogen-bond donors (Lipinski definition) is 0. The highest BCUT2D eigenvalue weighted by atomic mass is 79.9. The SMILES string of the molecule is Cc1ccc(C(=O)C2CCSC2)cc1Br. The lowest BCUT2D eigenvalue weighted by Gasteiger charge is -2.08. The molecule has 15 heavy (non-hydrogen) atoms. The Kier molecular flexibility index (Phi) is 3.52. The Morgan fingerprint density at radius 3 is 2.93 bits per heavy atom. The lowest BCUT2D eigenvalue weighted by atomic mass is 9.97. The fourth-order valence-corrected chi connectivity index (χ4v) is 3.32. The molecule has 0 amide bonds. The van der Waals surface area contributed by atoms with Crippen molar-refractivity contribution in [2.24, 2.45) is 5.92 Å². The van der Waals surface area contributed by atoms with E-state index in [-0.39, 0.29) is 5.92 Å². The predicted octanol–water partition coefficient (Wildman–Crippen LogP) is 3.69. The van der Waals surface area contributed by atoms with Crippen LogP contribution in [0.2, 0.25) is 0 Å². The Hall–Kier alpha value is -0.280. The molecule has 1 saturated heterocycles. The van der Waals surface area contributed by atoms with Crippen molar-refractivity contribution in [2.75, 3.05) is 11.5 Å². The van der Waals surface area contributed by atoms with E-state index in [2.05, 4.69) is 15.9 Å². The largest absolute Gasteiger partial charge is 0.294 e. The van der Waals surface area contributed by atoms with E-state index in [1.165, 1.54) is 5.56 Å². The molecule has 1 unspecified atom stereocenters. The Labute approximate surface area is 103 Å². The molecule has 1 aromatic rings. The van der Waals surface area contributed by atoms with E-state index in [0.717, 1.165) is 28.0 Å². The summed E-state index contributed by atoms with van der Waals surface area (Å²) in [6.07, 6.45) is 1.04. The highest BCUT2D eigenvalue weighted by Gasteiger charge is 2.24. The van der Waals surface area contributed by atoms with Crippen molar-refractivity contribution in [1.82, 2.24) is 0 Å². The van der Waals surface area contributed by atoms with Crippen molar-refractivity contribution in [3.05, 3.63) is 33.8 Å². The number of carbonyl (C=O) groups excluding carboxylic acids is 1. The molecule has 1 fully saturated rings. The van der Waals surface area contributed by atoms with Gasteiger partial charge in [-0.3, -0.25) is 4.79 Å². The van der Waals surface area contributed by atoms with Gasteiger partial charge in [0.15, 0.2) is 5.78 Å². The molecule has 80 valence electrons. The van der Waals surface area contributed by atoms with Crippen LogP contribution >= 0.6 is 27.7 Å². The summed E-state index contributed by atoms with van der Waals surface area (Å²) in [5, 5.41) is 0. The van der Waals surface area contributed by atoms with Crippen molar-refractivity contribution in [3.63, 3.8) is 0 Å². The summed E-state index contributed by atoms with van der Waals surface area (Å²) in [5.41, 5.74) is 2.02. The van der Waals surface area contributed by atoms with E-state index in [4.69, 9.17) is 0 Å². The highest BCUT2D eigenvalue weighted by Crippen LogP contribution is 2.28. The fraction of sp³-hybridized carbons (Fsp3) is 0.417. The molecule has 1 aliphatic rings. The third kappa shape index (κ3) is 2.45. The van der Waals surface area contributed by atoms with Gasteiger partial charge in [-0.25, -0.2) is 0 Å². The van der Waals surface area contributed by atoms with Gasteiger partial charge in [0, 0.05) is 21.7 Å². The summed E-state index contributed by atoms with van der Waals surface area (Å²) >= 11 is 5.35. The summed E-state index contributed by atoms with van der Waals surface area (Å²) in [6, 6.07) is 5.88. The van der Waals surface area contributed by atoms with E-state index in [1.807, 2.05) is 36.9 Å². The molecule has 1 aliphatic heterocycles. The minimum Gasteiger partial charge on any atom is -0.294 e. The van der Waals surface area contributed by atoms with Crippen LogP contribution in [0.3, 0.4) is 0 Å². The average molecular weight is 285 g/mol. The Balaban J connectivity index is 2.21. The van der Waals surface area contributed by atoms with Crippen molar-refractivity contribution in [1.29, 1.82) is 0 Å². The molecule has 2 rings (SSSR count). The number of aryl methyl sites for hydroxylation is 1. The van der Waals surface area contributed by atoms with Gasteiger partial charge in [0.1, 0.15) is 0 Å². The minimum atomic E-state index is 0.240. The summed E-state index contributed by atoms with van der Waals surface area (Å²) in [7, 11) is 0. The molecule has 0 aliphatic carbocycles. The van der Waals surface area contributed by atoms with Gasteiger partial charge in [-0.2, -0.15) is 11.8 Å². The Bertz CT molecular complexity index is 383. The lowest BCUT2D eigenvalue weighted by Crippen LogP contribution is -2.13. The summed E-state index contributed by atoms with van der Waals surface area (Å²) in [6.45, 7) is 2.03. The third-order valence-electron chi connectivity index (χ3n) is 2.76. The smallest absolute Gasteiger partial charge is 0.166 e. The average Bonchev–Trinajstić information content (AvgIpc) is 2.74. The monoisotopic (exact) mass is 284 g/mol. The van der Waals surface area contributed by atoms with E-state index in [1.54, 1.807) is 0 Å². The number of ketones is 1. The van der Waals surface area contributed by atoms with E-state index in [0.29, 0.717) is 5.78 Å². The molecular weight excluding hydrogens is 272 g/mol. The topological polar surface area (TPSA) is 17.1 Å². The van der Waals surface area contributed by atoms with Gasteiger partial charge in [0.05, 0.1) is 0 Å². The number of benzene rings is 1. The van der Waals surface area contributed by atoms with Gasteiger partial charge in [0.25, 0.3) is 0 Å². The van der Waals surface area contributed by atoms with Crippen LogP contribution in [-0.2, 0) is 0 Å². The first-order valence-electron chi connectivity index (χ1n) is 5.06. The van der Waals surface area contributed by atoms with Gasteiger partial charge in [0.2, 0.25) is 0 Å². The molecule has 1 heterocycles. The summed E-state index contributed by atoms with van der Waals surface area (Å²) < 4.78 is 1.03. The van der Waals surface area contributed by atoms with Crippen molar-refractivity contribution in [3.8, 4) is 0 Å². The number of hydrogen-bond acceptors (Lipinski definition) is 2. The Morgan fingerprint density at radius 1 is 1.53 bits per heavy atom. The lowest BCUT2D eigenvalue weighted by molar-refractivity contribution is 0.0933. The molecule has 3 heteroatoms. The normalized spacial score (nSPS) is 20.5. The maximum Gasteiger partial charge on any atom is 0.166 e. The molecule has 0 spiro atoms. The molecular formula is C12H13BrOS. The maximum atomic E-state index is 12.1. The van der Waals surface area contributed by atoms with E-state index < -0.39 is 0 Å². The van der Waals surface area contributed by atoms with Crippen LogP contribution in [0.25, 0.3) is 0 Å². The molecule has 0 bridgehead atoms. The molecule has 1 aromatic carbocycles. The van der Waals surface area contributed by atoms with Crippen molar-refractivity contribution < 1.29 is 4.79 Å². The van der Waals surface area contributed by atoms with Crippen LogP contribution in [0.1, 0.15) is 22.3 Å². The van der Waals surface area contributed by atoms with Gasteiger partial charge in [-0.15, -0.1) is 0 Å². The Morgan fingerprint density at radius 2 is 2.33 bits per heavy atom. The van der Waals surface area contributed by atoms with Crippen molar-refractivity contribution in [2.45, 2.75) is 13.3 Å². The van der Waals surface area contributed by atoms with Crippen LogP contribution in [-0.4, -0.2) is 17.3 Å². The second-order valence-corrected chi connectivity index (χ2v) is 5.89. The van der Waals surface area contributed by atoms with Gasteiger partial charge in [-0.05, 0) is 30.7 Å². The number of carbonyl (C=O) groups is 1. The first-order valence-corrected chi connectivity index (χ1v) is 7.01. The quantitative estimate of drug-likeness (QED) is 0.771. The highest BCUT2D eigenvalue weighted by molar-refractivity contribution is 9.10. The van der Waals surface area contributed by atoms with Gasteiger partial charge >= 0.3 is 0 Å².